The summed E-state index contributed by atoms with van der Waals surface area (Å²) in [4.78, 5) is 16.2. The van der Waals surface area contributed by atoms with E-state index in [0.717, 1.165) is 29.4 Å². The van der Waals surface area contributed by atoms with Gasteiger partial charge in [0.1, 0.15) is 0 Å². The molecule has 0 saturated heterocycles. The molecule has 0 aliphatic heterocycles. The van der Waals surface area contributed by atoms with Crippen molar-refractivity contribution in [2.24, 2.45) is 0 Å². The molecule has 1 heterocycles. The van der Waals surface area contributed by atoms with Crippen LogP contribution in [0.5, 0.6) is 0 Å². The maximum absolute atomic E-state index is 11.9. The smallest absolute Gasteiger partial charge is 0.319 e. The molecule has 2 N–H and O–H groups in total. The molecule has 1 aromatic carbocycles. The average Bonchev–Trinajstić information content (AvgIpc) is 2.39. The van der Waals surface area contributed by atoms with E-state index in [-0.39, 0.29) is 12.1 Å². The van der Waals surface area contributed by atoms with Gasteiger partial charge in [-0.15, -0.1) is 0 Å². The highest BCUT2D eigenvalue weighted by Crippen LogP contribution is 2.21. The van der Waals surface area contributed by atoms with Crippen LogP contribution in [0.15, 0.2) is 36.5 Å². The highest BCUT2D eigenvalue weighted by atomic mass is 16.2. The fraction of sp³-hybridized carbons (Fsp3) is 0.333. The van der Waals surface area contributed by atoms with Gasteiger partial charge in [0, 0.05) is 17.6 Å². The molecule has 0 saturated carbocycles. The van der Waals surface area contributed by atoms with Crippen LogP contribution in [0.25, 0.3) is 10.9 Å². The lowest BCUT2D eigenvalue weighted by Crippen LogP contribution is -2.35. The third kappa shape index (κ3) is 3.44. The van der Waals surface area contributed by atoms with Gasteiger partial charge in [-0.1, -0.05) is 19.4 Å². The second kappa shape index (κ2) is 6.18. The summed E-state index contributed by atoms with van der Waals surface area (Å²) >= 11 is 0. The van der Waals surface area contributed by atoms with Crippen LogP contribution in [0, 0.1) is 0 Å². The molecular weight excluding hydrogens is 238 g/mol. The number of benzene rings is 1. The number of urea groups is 1. The number of rotatable bonds is 4. The van der Waals surface area contributed by atoms with Gasteiger partial charge < -0.3 is 10.6 Å². The van der Waals surface area contributed by atoms with Gasteiger partial charge in [0.05, 0.1) is 11.2 Å². The van der Waals surface area contributed by atoms with Crippen LogP contribution in [-0.2, 0) is 0 Å². The lowest BCUT2D eigenvalue weighted by Gasteiger charge is -2.14. The van der Waals surface area contributed by atoms with Gasteiger partial charge in [-0.25, -0.2) is 4.79 Å². The number of anilines is 1. The Kier molecular flexibility index (Phi) is 4.34. The molecule has 4 nitrogen and oxygen atoms in total. The zero-order chi connectivity index (χ0) is 13.7. The summed E-state index contributed by atoms with van der Waals surface area (Å²) in [7, 11) is 0. The lowest BCUT2D eigenvalue weighted by atomic mass is 10.2. The summed E-state index contributed by atoms with van der Waals surface area (Å²) in [5.74, 6) is 0. The number of pyridine rings is 1. The fourth-order valence-electron chi connectivity index (χ4n) is 2.10. The van der Waals surface area contributed by atoms with Crippen LogP contribution in [-0.4, -0.2) is 17.1 Å². The molecule has 0 radical (unpaired) electrons. The SMILES string of the molecule is CCCC(C)NC(=O)Nc1cccc2ncccc12. The largest absolute Gasteiger partial charge is 0.335 e. The normalized spacial score (nSPS) is 12.1. The van der Waals surface area contributed by atoms with E-state index in [4.69, 9.17) is 0 Å². The maximum Gasteiger partial charge on any atom is 0.319 e. The van der Waals surface area contributed by atoms with Gasteiger partial charge in [0.15, 0.2) is 0 Å². The van der Waals surface area contributed by atoms with Gasteiger partial charge in [0.25, 0.3) is 0 Å². The van der Waals surface area contributed by atoms with Crippen molar-refractivity contribution >= 4 is 22.6 Å². The summed E-state index contributed by atoms with van der Waals surface area (Å²) in [6.07, 6.45) is 3.78. The topological polar surface area (TPSA) is 54.0 Å². The summed E-state index contributed by atoms with van der Waals surface area (Å²) < 4.78 is 0. The molecular formula is C15H19N3O. The van der Waals surface area contributed by atoms with E-state index in [1.807, 2.05) is 37.3 Å². The Balaban J connectivity index is 2.11. The molecule has 2 amide bonds. The van der Waals surface area contributed by atoms with Crippen molar-refractivity contribution in [2.45, 2.75) is 32.7 Å². The Hall–Kier alpha value is -2.10. The number of aromatic nitrogens is 1. The molecule has 2 aromatic rings. The Bertz CT molecular complexity index is 563. The molecule has 19 heavy (non-hydrogen) atoms. The van der Waals surface area contributed by atoms with Crippen molar-refractivity contribution < 1.29 is 4.79 Å². The van der Waals surface area contributed by atoms with E-state index in [9.17, 15) is 4.79 Å². The maximum atomic E-state index is 11.9. The van der Waals surface area contributed by atoms with Crippen molar-refractivity contribution in [3.63, 3.8) is 0 Å². The van der Waals surface area contributed by atoms with E-state index in [1.54, 1.807) is 6.20 Å². The minimum atomic E-state index is -0.169. The first-order chi connectivity index (χ1) is 9.20. The molecule has 0 bridgehead atoms. The highest BCUT2D eigenvalue weighted by Gasteiger charge is 2.08. The first kappa shape index (κ1) is 13.3. The number of carbonyl (C=O) groups is 1. The minimum absolute atomic E-state index is 0.169. The van der Waals surface area contributed by atoms with Crippen molar-refractivity contribution in [2.75, 3.05) is 5.32 Å². The highest BCUT2D eigenvalue weighted by molar-refractivity contribution is 6.00. The third-order valence-corrected chi connectivity index (χ3v) is 2.99. The van der Waals surface area contributed by atoms with Gasteiger partial charge in [-0.05, 0) is 37.6 Å². The third-order valence-electron chi connectivity index (χ3n) is 2.99. The molecule has 100 valence electrons. The van der Waals surface area contributed by atoms with E-state index in [0.29, 0.717) is 0 Å². The predicted octanol–water partition coefficient (Wildman–Crippen LogP) is 3.54. The van der Waals surface area contributed by atoms with Crippen molar-refractivity contribution in [3.05, 3.63) is 36.5 Å². The number of carbonyl (C=O) groups excluding carboxylic acids is 1. The van der Waals surface area contributed by atoms with Crippen LogP contribution in [0.2, 0.25) is 0 Å². The summed E-state index contributed by atoms with van der Waals surface area (Å²) in [5, 5.41) is 6.76. The van der Waals surface area contributed by atoms with Crippen molar-refractivity contribution in [1.82, 2.24) is 10.3 Å². The van der Waals surface area contributed by atoms with Crippen LogP contribution >= 0.6 is 0 Å². The van der Waals surface area contributed by atoms with Gasteiger partial charge in [-0.3, -0.25) is 4.98 Å². The Morgan fingerprint density at radius 3 is 2.95 bits per heavy atom. The number of amides is 2. The van der Waals surface area contributed by atoms with E-state index in [2.05, 4.69) is 22.5 Å². The Morgan fingerprint density at radius 1 is 1.32 bits per heavy atom. The molecule has 2 rings (SSSR count). The number of fused-ring (bicyclic) bond motifs is 1. The van der Waals surface area contributed by atoms with Crippen LogP contribution < -0.4 is 10.6 Å². The zero-order valence-corrected chi connectivity index (χ0v) is 11.3. The number of nitrogens with zero attached hydrogens (tertiary/aromatic N) is 1. The van der Waals surface area contributed by atoms with Crippen LogP contribution in [0.4, 0.5) is 10.5 Å². The average molecular weight is 257 g/mol. The molecule has 4 heteroatoms. The first-order valence-electron chi connectivity index (χ1n) is 6.62. The van der Waals surface area contributed by atoms with E-state index < -0.39 is 0 Å². The molecule has 1 unspecified atom stereocenters. The fourth-order valence-corrected chi connectivity index (χ4v) is 2.10. The molecule has 0 aliphatic carbocycles. The Morgan fingerprint density at radius 2 is 2.16 bits per heavy atom. The molecule has 0 aliphatic rings. The van der Waals surface area contributed by atoms with Crippen molar-refractivity contribution in [3.8, 4) is 0 Å². The van der Waals surface area contributed by atoms with Gasteiger partial charge in [-0.2, -0.15) is 0 Å². The van der Waals surface area contributed by atoms with E-state index in [1.165, 1.54) is 0 Å². The Labute approximate surface area is 113 Å². The second-order valence-electron chi connectivity index (χ2n) is 4.66. The van der Waals surface area contributed by atoms with Crippen LogP contribution in [0.1, 0.15) is 26.7 Å². The van der Waals surface area contributed by atoms with Crippen molar-refractivity contribution in [1.29, 1.82) is 0 Å². The van der Waals surface area contributed by atoms with E-state index >= 15 is 0 Å². The standard InChI is InChI=1S/C15H19N3O/c1-3-6-11(2)17-15(19)18-14-9-4-8-13-12(14)7-5-10-16-13/h4-5,7-11H,3,6H2,1-2H3,(H2,17,18,19). The summed E-state index contributed by atoms with van der Waals surface area (Å²) in [6, 6.07) is 9.53. The number of hydrogen-bond acceptors (Lipinski definition) is 2. The second-order valence-corrected chi connectivity index (χ2v) is 4.66. The predicted molar refractivity (Wildman–Crippen MR) is 78.3 cm³/mol. The summed E-state index contributed by atoms with van der Waals surface area (Å²) in [6.45, 7) is 4.11. The summed E-state index contributed by atoms with van der Waals surface area (Å²) in [5.41, 5.74) is 1.66. The number of nitrogens with one attached hydrogen (secondary N) is 2. The monoisotopic (exact) mass is 257 g/mol. The lowest BCUT2D eigenvalue weighted by molar-refractivity contribution is 0.248. The minimum Gasteiger partial charge on any atom is -0.335 e. The molecule has 0 spiro atoms. The molecule has 1 aromatic heterocycles. The van der Waals surface area contributed by atoms with Gasteiger partial charge in [0.2, 0.25) is 0 Å². The zero-order valence-electron chi connectivity index (χ0n) is 11.3. The van der Waals surface area contributed by atoms with Crippen LogP contribution in [0.3, 0.4) is 0 Å². The molecule has 1 atom stereocenters. The number of hydrogen-bond donors (Lipinski definition) is 2. The molecule has 0 fully saturated rings. The quantitative estimate of drug-likeness (QED) is 0.880. The first-order valence-corrected chi connectivity index (χ1v) is 6.62. The van der Waals surface area contributed by atoms with Gasteiger partial charge >= 0.3 is 6.03 Å².